The average molecular weight is 263 g/mol. The van der Waals surface area contributed by atoms with Crippen molar-refractivity contribution in [1.29, 1.82) is 0 Å². The molecule has 1 amide bonds. The average Bonchev–Trinajstić information content (AvgIpc) is 2.21. The first-order chi connectivity index (χ1) is 7.13. The predicted molar refractivity (Wildman–Crippen MR) is 69.1 cm³/mol. The third kappa shape index (κ3) is 4.84. The highest BCUT2D eigenvalue weighted by Gasteiger charge is 2.08. The van der Waals surface area contributed by atoms with Crippen LogP contribution in [-0.2, 0) is 11.2 Å². The molecule has 3 N–H and O–H groups in total. The van der Waals surface area contributed by atoms with E-state index >= 15 is 0 Å². The van der Waals surface area contributed by atoms with Crippen molar-refractivity contribution < 1.29 is 4.79 Å². The number of hydrogen-bond acceptors (Lipinski definition) is 2. The van der Waals surface area contributed by atoms with E-state index in [1.54, 1.807) is 6.07 Å². The van der Waals surface area contributed by atoms with Gasteiger partial charge in [-0.15, -0.1) is 12.4 Å². The van der Waals surface area contributed by atoms with E-state index in [1.165, 1.54) is 0 Å². The standard InChI is InChI=1S/C11H15ClN2O.ClH/c1-8(7-13)14-11(15)6-9-4-2-3-5-10(9)12;/h2-5,8H,6-7,13H2,1H3,(H,14,15);1H/t8-;/m0./s1. The van der Waals surface area contributed by atoms with Crippen molar-refractivity contribution in [2.75, 3.05) is 6.54 Å². The van der Waals surface area contributed by atoms with E-state index in [0.717, 1.165) is 5.56 Å². The zero-order valence-corrected chi connectivity index (χ0v) is 10.6. The number of carbonyl (C=O) groups excluding carboxylic acids is 1. The molecule has 0 saturated heterocycles. The predicted octanol–water partition coefficient (Wildman–Crippen LogP) is 1.77. The summed E-state index contributed by atoms with van der Waals surface area (Å²) in [7, 11) is 0. The molecule has 1 aromatic carbocycles. The molecule has 0 aliphatic rings. The Labute approximate surface area is 107 Å². The van der Waals surface area contributed by atoms with Gasteiger partial charge in [-0.1, -0.05) is 29.8 Å². The van der Waals surface area contributed by atoms with Crippen molar-refractivity contribution in [3.05, 3.63) is 34.9 Å². The fraction of sp³-hybridized carbons (Fsp3) is 0.364. The van der Waals surface area contributed by atoms with Gasteiger partial charge in [-0.25, -0.2) is 0 Å². The van der Waals surface area contributed by atoms with Gasteiger partial charge in [0.25, 0.3) is 0 Å². The molecule has 0 unspecified atom stereocenters. The number of hydrogen-bond donors (Lipinski definition) is 2. The van der Waals surface area contributed by atoms with Gasteiger partial charge in [-0.05, 0) is 18.6 Å². The van der Waals surface area contributed by atoms with Crippen LogP contribution in [0.15, 0.2) is 24.3 Å². The second-order valence-electron chi connectivity index (χ2n) is 3.47. The molecule has 0 spiro atoms. The molecule has 1 atom stereocenters. The van der Waals surface area contributed by atoms with Gasteiger partial charge in [0.15, 0.2) is 0 Å². The molecule has 90 valence electrons. The lowest BCUT2D eigenvalue weighted by Gasteiger charge is -2.11. The molecule has 0 saturated carbocycles. The zero-order chi connectivity index (χ0) is 11.3. The van der Waals surface area contributed by atoms with Crippen molar-refractivity contribution in [3.63, 3.8) is 0 Å². The number of benzene rings is 1. The van der Waals surface area contributed by atoms with Gasteiger partial charge in [0, 0.05) is 17.6 Å². The van der Waals surface area contributed by atoms with Crippen molar-refractivity contribution in [1.82, 2.24) is 5.32 Å². The quantitative estimate of drug-likeness (QED) is 0.869. The molecule has 16 heavy (non-hydrogen) atoms. The molecule has 0 aromatic heterocycles. The summed E-state index contributed by atoms with van der Waals surface area (Å²) in [6.45, 7) is 2.30. The number of rotatable bonds is 4. The Morgan fingerprint density at radius 3 is 2.69 bits per heavy atom. The first-order valence-electron chi connectivity index (χ1n) is 4.86. The number of carbonyl (C=O) groups is 1. The topological polar surface area (TPSA) is 55.1 Å². The van der Waals surface area contributed by atoms with Crippen LogP contribution < -0.4 is 11.1 Å². The second-order valence-corrected chi connectivity index (χ2v) is 3.88. The zero-order valence-electron chi connectivity index (χ0n) is 9.07. The van der Waals surface area contributed by atoms with Crippen LogP contribution in [0.2, 0.25) is 5.02 Å². The highest BCUT2D eigenvalue weighted by Crippen LogP contribution is 2.15. The van der Waals surface area contributed by atoms with Crippen LogP contribution >= 0.6 is 24.0 Å². The van der Waals surface area contributed by atoms with Crippen LogP contribution in [-0.4, -0.2) is 18.5 Å². The normalized spacial score (nSPS) is 11.4. The minimum absolute atomic E-state index is 0. The number of halogens is 2. The molecular formula is C11H16Cl2N2O. The number of nitrogens with one attached hydrogen (secondary N) is 1. The minimum Gasteiger partial charge on any atom is -0.352 e. The Bertz CT molecular complexity index is 345. The van der Waals surface area contributed by atoms with Gasteiger partial charge >= 0.3 is 0 Å². The van der Waals surface area contributed by atoms with E-state index in [-0.39, 0.29) is 24.4 Å². The van der Waals surface area contributed by atoms with E-state index in [9.17, 15) is 4.79 Å². The maximum absolute atomic E-state index is 11.5. The molecule has 1 rings (SSSR count). The number of amides is 1. The van der Waals surface area contributed by atoms with Crippen LogP contribution in [0.5, 0.6) is 0 Å². The number of nitrogens with two attached hydrogens (primary N) is 1. The first-order valence-corrected chi connectivity index (χ1v) is 5.24. The first kappa shape index (κ1) is 15.2. The lowest BCUT2D eigenvalue weighted by atomic mass is 10.1. The molecule has 0 fully saturated rings. The van der Waals surface area contributed by atoms with Gasteiger partial charge in [-0.2, -0.15) is 0 Å². The second kappa shape index (κ2) is 7.49. The Kier molecular flexibility index (Phi) is 7.13. The Morgan fingerprint density at radius 2 is 2.12 bits per heavy atom. The van der Waals surface area contributed by atoms with Gasteiger partial charge < -0.3 is 11.1 Å². The summed E-state index contributed by atoms with van der Waals surface area (Å²) >= 11 is 5.93. The molecular weight excluding hydrogens is 247 g/mol. The van der Waals surface area contributed by atoms with E-state index in [4.69, 9.17) is 17.3 Å². The highest BCUT2D eigenvalue weighted by atomic mass is 35.5. The monoisotopic (exact) mass is 262 g/mol. The maximum Gasteiger partial charge on any atom is 0.224 e. The van der Waals surface area contributed by atoms with Crippen LogP contribution in [0.25, 0.3) is 0 Å². The van der Waals surface area contributed by atoms with Crippen molar-refractivity contribution in [3.8, 4) is 0 Å². The fourth-order valence-electron chi connectivity index (χ4n) is 1.20. The Balaban J connectivity index is 0.00000225. The summed E-state index contributed by atoms with van der Waals surface area (Å²) in [4.78, 5) is 11.5. The van der Waals surface area contributed by atoms with Crippen molar-refractivity contribution in [2.45, 2.75) is 19.4 Å². The molecule has 3 nitrogen and oxygen atoms in total. The van der Waals surface area contributed by atoms with E-state index in [0.29, 0.717) is 18.0 Å². The van der Waals surface area contributed by atoms with E-state index < -0.39 is 0 Å². The lowest BCUT2D eigenvalue weighted by molar-refractivity contribution is -0.120. The van der Waals surface area contributed by atoms with E-state index in [2.05, 4.69) is 5.32 Å². The third-order valence-corrected chi connectivity index (χ3v) is 2.44. The molecule has 0 aliphatic heterocycles. The van der Waals surface area contributed by atoms with Gasteiger partial charge in [-0.3, -0.25) is 4.79 Å². The Morgan fingerprint density at radius 1 is 1.50 bits per heavy atom. The highest BCUT2D eigenvalue weighted by molar-refractivity contribution is 6.31. The summed E-state index contributed by atoms with van der Waals surface area (Å²) in [5, 5.41) is 3.40. The SMILES string of the molecule is C[C@@H](CN)NC(=O)Cc1ccccc1Cl.Cl. The molecule has 5 heteroatoms. The smallest absolute Gasteiger partial charge is 0.224 e. The minimum atomic E-state index is -0.0546. The summed E-state index contributed by atoms with van der Waals surface area (Å²) in [6.07, 6.45) is 0.296. The molecule has 0 aliphatic carbocycles. The van der Waals surface area contributed by atoms with Crippen molar-refractivity contribution in [2.24, 2.45) is 5.73 Å². The van der Waals surface area contributed by atoms with Gasteiger partial charge in [0.05, 0.1) is 6.42 Å². The Hall–Kier alpha value is -0.770. The molecule has 1 aromatic rings. The maximum atomic E-state index is 11.5. The van der Waals surface area contributed by atoms with E-state index in [1.807, 2.05) is 25.1 Å². The summed E-state index contributed by atoms with van der Waals surface area (Å²) in [5.41, 5.74) is 6.24. The summed E-state index contributed by atoms with van der Waals surface area (Å²) in [6, 6.07) is 7.32. The van der Waals surface area contributed by atoms with Crippen LogP contribution in [0.4, 0.5) is 0 Å². The van der Waals surface area contributed by atoms with Crippen LogP contribution in [0.1, 0.15) is 12.5 Å². The van der Waals surface area contributed by atoms with Gasteiger partial charge in [0.1, 0.15) is 0 Å². The molecule has 0 bridgehead atoms. The molecule has 0 radical (unpaired) electrons. The third-order valence-electron chi connectivity index (χ3n) is 2.07. The summed E-state index contributed by atoms with van der Waals surface area (Å²) < 4.78 is 0. The molecule has 0 heterocycles. The largest absolute Gasteiger partial charge is 0.352 e. The van der Waals surface area contributed by atoms with Crippen LogP contribution in [0, 0.1) is 0 Å². The van der Waals surface area contributed by atoms with Crippen molar-refractivity contribution >= 4 is 29.9 Å². The lowest BCUT2D eigenvalue weighted by Crippen LogP contribution is -2.38. The van der Waals surface area contributed by atoms with Crippen LogP contribution in [0.3, 0.4) is 0 Å². The van der Waals surface area contributed by atoms with Gasteiger partial charge in [0.2, 0.25) is 5.91 Å². The summed E-state index contributed by atoms with van der Waals surface area (Å²) in [5.74, 6) is -0.0546. The fourth-order valence-corrected chi connectivity index (χ4v) is 1.40.